The van der Waals surface area contributed by atoms with E-state index in [1.54, 1.807) is 31.3 Å². The molecule has 2 aliphatic carbocycles. The highest BCUT2D eigenvalue weighted by atomic mass is 19.4. The number of aryl methyl sites for hydroxylation is 1. The summed E-state index contributed by atoms with van der Waals surface area (Å²) < 4.78 is 40.2. The minimum atomic E-state index is -4.96. The van der Waals surface area contributed by atoms with Gasteiger partial charge in [0.25, 0.3) is 5.56 Å². The van der Waals surface area contributed by atoms with Crippen molar-refractivity contribution in [2.45, 2.75) is 51.9 Å². The number of amides is 3. The average molecular weight is 550 g/mol. The highest BCUT2D eigenvalue weighted by Gasteiger charge is 2.64. The summed E-state index contributed by atoms with van der Waals surface area (Å²) >= 11 is 0. The highest BCUT2D eigenvalue weighted by Crippen LogP contribution is 2.62. The number of carbonyl (C=O) groups excluding carboxylic acids is 3. The third kappa shape index (κ3) is 5.22. The molecular weight excluding hydrogens is 519 g/mol. The SMILES string of the molecule is CC1(C(NC(=O)C(F)(F)F)C(=O)N2CC3[C@@H](C2)C3(C)C)CC1.Cn1ccn2ncc(C(C#N)NC=O)c2c1=O. The zero-order valence-corrected chi connectivity index (χ0v) is 22.0. The van der Waals surface area contributed by atoms with E-state index in [2.05, 4.69) is 24.3 Å². The van der Waals surface area contributed by atoms with Crippen molar-refractivity contribution in [3.05, 3.63) is 34.5 Å². The lowest BCUT2D eigenvalue weighted by Gasteiger charge is -2.30. The first-order valence-electron chi connectivity index (χ1n) is 12.4. The molecule has 5 rings (SSSR count). The first-order valence-corrected chi connectivity index (χ1v) is 12.4. The predicted molar refractivity (Wildman–Crippen MR) is 131 cm³/mol. The van der Waals surface area contributed by atoms with Gasteiger partial charge in [0.15, 0.2) is 0 Å². The summed E-state index contributed by atoms with van der Waals surface area (Å²) in [6.07, 6.45) is 1.36. The van der Waals surface area contributed by atoms with E-state index < -0.39 is 29.6 Å². The van der Waals surface area contributed by atoms with Gasteiger partial charge in [-0.05, 0) is 35.5 Å². The number of rotatable bonds is 6. The minimum Gasteiger partial charge on any atom is -0.340 e. The molecule has 0 radical (unpaired) electrons. The van der Waals surface area contributed by atoms with Crippen molar-refractivity contribution >= 4 is 23.7 Å². The molecule has 0 aromatic carbocycles. The molecule has 14 heteroatoms. The molecule has 2 aromatic rings. The molecule has 1 saturated heterocycles. The van der Waals surface area contributed by atoms with Crippen LogP contribution in [0.3, 0.4) is 0 Å². The van der Waals surface area contributed by atoms with Gasteiger partial charge < -0.3 is 20.1 Å². The molecule has 0 bridgehead atoms. The van der Waals surface area contributed by atoms with Crippen LogP contribution in [0.25, 0.3) is 5.52 Å². The molecule has 4 atom stereocenters. The van der Waals surface area contributed by atoms with E-state index >= 15 is 0 Å². The third-order valence-electron chi connectivity index (χ3n) is 8.40. The molecule has 210 valence electrons. The van der Waals surface area contributed by atoms with Crippen LogP contribution < -0.4 is 16.2 Å². The van der Waals surface area contributed by atoms with E-state index in [1.807, 2.05) is 11.4 Å². The number of nitriles is 1. The molecule has 2 saturated carbocycles. The van der Waals surface area contributed by atoms with E-state index in [9.17, 15) is 32.3 Å². The van der Waals surface area contributed by atoms with Crippen LogP contribution in [0.1, 0.15) is 45.2 Å². The molecule has 2 N–H and O–H groups in total. The first kappa shape index (κ1) is 28.1. The predicted octanol–water partition coefficient (Wildman–Crippen LogP) is 1.29. The van der Waals surface area contributed by atoms with E-state index in [0.29, 0.717) is 49.7 Å². The van der Waals surface area contributed by atoms with Gasteiger partial charge in [0.2, 0.25) is 12.3 Å². The number of hydrogen-bond acceptors (Lipinski definition) is 6. The third-order valence-corrected chi connectivity index (χ3v) is 8.40. The number of aromatic nitrogens is 3. The molecule has 0 spiro atoms. The summed E-state index contributed by atoms with van der Waals surface area (Å²) in [5.41, 5.74) is 0.0929. The van der Waals surface area contributed by atoms with Crippen molar-refractivity contribution in [2.75, 3.05) is 13.1 Å². The molecular formula is C25H30F3N7O4. The fourth-order valence-electron chi connectivity index (χ4n) is 5.31. The molecule has 3 amide bonds. The van der Waals surface area contributed by atoms with Crippen LogP contribution >= 0.6 is 0 Å². The number of piperidine rings is 1. The van der Waals surface area contributed by atoms with Crippen LogP contribution in [0.4, 0.5) is 13.2 Å². The van der Waals surface area contributed by atoms with E-state index in [1.165, 1.54) is 15.3 Å². The summed E-state index contributed by atoms with van der Waals surface area (Å²) in [6.45, 7) is 7.23. The number of nitrogens with one attached hydrogen (secondary N) is 2. The Morgan fingerprint density at radius 2 is 1.82 bits per heavy atom. The molecule has 3 heterocycles. The quantitative estimate of drug-likeness (QED) is 0.521. The second-order valence-corrected chi connectivity index (χ2v) is 11.3. The fraction of sp³-hybridized carbons (Fsp3) is 0.600. The van der Waals surface area contributed by atoms with Crippen molar-refractivity contribution in [1.29, 1.82) is 5.26 Å². The minimum absolute atomic E-state index is 0.227. The van der Waals surface area contributed by atoms with Gasteiger partial charge in [-0.3, -0.25) is 19.2 Å². The molecule has 39 heavy (non-hydrogen) atoms. The lowest BCUT2D eigenvalue weighted by Crippen LogP contribution is -2.55. The van der Waals surface area contributed by atoms with E-state index in [4.69, 9.17) is 5.26 Å². The van der Waals surface area contributed by atoms with E-state index in [-0.39, 0.29) is 22.4 Å². The van der Waals surface area contributed by atoms with Crippen molar-refractivity contribution in [2.24, 2.45) is 29.7 Å². The second kappa shape index (κ2) is 9.69. The standard InChI is InChI=1S/C15H21F3N2O2.C10H9N5O2/c1-13(2)8-6-20(7-9(8)13)11(21)10(14(3)4-5-14)19-12(22)15(16,17)18;1-14-2-3-15-9(10(14)17)7(5-13-15)8(4-11)12-6-16/h8-10H,4-7H2,1-3H3,(H,19,22);2-3,5-6,8H,1H3,(H,12,16)/t8-,9?,10?;/m1./s1. The molecule has 3 aliphatic rings. The Morgan fingerprint density at radius 3 is 2.33 bits per heavy atom. The van der Waals surface area contributed by atoms with Gasteiger partial charge in [-0.2, -0.15) is 23.5 Å². The van der Waals surface area contributed by atoms with Gasteiger partial charge in [-0.25, -0.2) is 4.52 Å². The number of alkyl halides is 3. The maximum absolute atomic E-state index is 12.6. The molecule has 3 fully saturated rings. The summed E-state index contributed by atoms with van der Waals surface area (Å²) in [5, 5.41) is 17.2. The van der Waals surface area contributed by atoms with Crippen LogP contribution in [0.15, 0.2) is 23.4 Å². The Balaban J connectivity index is 0.000000187. The normalized spacial score (nSPS) is 23.4. The van der Waals surface area contributed by atoms with Gasteiger partial charge in [-0.1, -0.05) is 20.8 Å². The topological polar surface area (TPSA) is 142 Å². The maximum atomic E-state index is 12.6. The molecule has 1 aliphatic heterocycles. The van der Waals surface area contributed by atoms with E-state index in [0.717, 1.165) is 0 Å². The molecule has 11 nitrogen and oxygen atoms in total. The monoisotopic (exact) mass is 549 g/mol. The summed E-state index contributed by atoms with van der Waals surface area (Å²) in [5.74, 6) is -1.52. The van der Waals surface area contributed by atoms with Crippen molar-refractivity contribution < 1.29 is 27.6 Å². The molecule has 2 aromatic heterocycles. The van der Waals surface area contributed by atoms with Gasteiger partial charge in [0, 0.05) is 38.1 Å². The number of hydrogen-bond donors (Lipinski definition) is 2. The molecule has 3 unspecified atom stereocenters. The van der Waals surface area contributed by atoms with Crippen LogP contribution in [0.2, 0.25) is 0 Å². The largest absolute Gasteiger partial charge is 0.471 e. The van der Waals surface area contributed by atoms with Crippen molar-refractivity contribution in [1.82, 2.24) is 29.7 Å². The van der Waals surface area contributed by atoms with Crippen LogP contribution in [-0.4, -0.2) is 62.6 Å². The lowest BCUT2D eigenvalue weighted by atomic mass is 9.96. The second-order valence-electron chi connectivity index (χ2n) is 11.3. The van der Waals surface area contributed by atoms with Crippen LogP contribution in [-0.2, 0) is 21.4 Å². The van der Waals surface area contributed by atoms with Gasteiger partial charge >= 0.3 is 12.1 Å². The summed E-state index contributed by atoms with van der Waals surface area (Å²) in [7, 11) is 1.60. The number of carbonyl (C=O) groups is 3. The average Bonchev–Trinajstić information content (AvgIpc) is 3.50. The Morgan fingerprint density at radius 1 is 1.21 bits per heavy atom. The Bertz CT molecular complexity index is 1390. The zero-order valence-electron chi connectivity index (χ0n) is 22.0. The number of fused-ring (bicyclic) bond motifs is 2. The van der Waals surface area contributed by atoms with Gasteiger partial charge in [0.05, 0.1) is 12.3 Å². The summed E-state index contributed by atoms with van der Waals surface area (Å²) in [4.78, 5) is 47.8. The highest BCUT2D eigenvalue weighted by molar-refractivity contribution is 5.91. The van der Waals surface area contributed by atoms with Crippen LogP contribution in [0, 0.1) is 34.0 Å². The number of nitrogens with zero attached hydrogens (tertiary/aromatic N) is 5. The number of likely N-dealkylation sites (tertiary alicyclic amines) is 1. The zero-order chi connectivity index (χ0) is 28.9. The van der Waals surface area contributed by atoms with Crippen LogP contribution in [0.5, 0.6) is 0 Å². The first-order chi connectivity index (χ1) is 18.2. The van der Waals surface area contributed by atoms with Crippen molar-refractivity contribution in [3.8, 4) is 6.07 Å². The smallest absolute Gasteiger partial charge is 0.340 e. The Labute approximate surface area is 221 Å². The van der Waals surface area contributed by atoms with Crippen molar-refractivity contribution in [3.63, 3.8) is 0 Å². The maximum Gasteiger partial charge on any atom is 0.471 e. The number of halogens is 3. The lowest BCUT2D eigenvalue weighted by molar-refractivity contribution is -0.175. The Kier molecular flexibility index (Phi) is 6.99. The van der Waals surface area contributed by atoms with Gasteiger partial charge in [0.1, 0.15) is 17.6 Å². The van der Waals surface area contributed by atoms with Gasteiger partial charge in [-0.15, -0.1) is 0 Å². The fourth-order valence-corrected chi connectivity index (χ4v) is 5.31. The Hall–Kier alpha value is -3.89. The summed E-state index contributed by atoms with van der Waals surface area (Å²) in [6, 6.07) is -0.0419.